The highest BCUT2D eigenvalue weighted by molar-refractivity contribution is 5.93. The van der Waals surface area contributed by atoms with E-state index in [-0.39, 0.29) is 5.91 Å². The van der Waals surface area contributed by atoms with Crippen LogP contribution in [0.4, 0.5) is 5.69 Å². The Balaban J connectivity index is 2.15. The van der Waals surface area contributed by atoms with Crippen molar-refractivity contribution in [2.24, 2.45) is 0 Å². The second kappa shape index (κ2) is 5.56. The Morgan fingerprint density at radius 3 is 2.95 bits per heavy atom. The van der Waals surface area contributed by atoms with Gasteiger partial charge in [0.25, 0.3) is 5.91 Å². The lowest BCUT2D eigenvalue weighted by Gasteiger charge is -2.17. The summed E-state index contributed by atoms with van der Waals surface area (Å²) in [7, 11) is 1.78. The molecule has 0 aliphatic rings. The number of anilines is 1. The minimum atomic E-state index is -0.0394. The Morgan fingerprint density at radius 1 is 1.53 bits per heavy atom. The van der Waals surface area contributed by atoms with E-state index >= 15 is 0 Å². The molecule has 0 unspecified atom stereocenters. The van der Waals surface area contributed by atoms with Gasteiger partial charge >= 0.3 is 0 Å². The van der Waals surface area contributed by atoms with Gasteiger partial charge in [-0.25, -0.2) is 0 Å². The molecule has 0 spiro atoms. The number of nitrogen functional groups attached to an aromatic ring is 1. The molecule has 100 valence electrons. The van der Waals surface area contributed by atoms with Crippen molar-refractivity contribution < 1.29 is 4.79 Å². The normalized spacial score (nSPS) is 10.4. The highest BCUT2D eigenvalue weighted by Crippen LogP contribution is 2.13. The SMILES string of the molecule is CCn1cc(N)cc1C(=O)N(C)Cc1cccnc1. The van der Waals surface area contributed by atoms with Gasteiger partial charge in [0.05, 0.1) is 5.69 Å². The van der Waals surface area contributed by atoms with Crippen LogP contribution in [0.3, 0.4) is 0 Å². The number of aryl methyl sites for hydroxylation is 1. The summed E-state index contributed by atoms with van der Waals surface area (Å²) in [6.45, 7) is 3.23. The zero-order chi connectivity index (χ0) is 13.8. The zero-order valence-corrected chi connectivity index (χ0v) is 11.2. The van der Waals surface area contributed by atoms with Crippen molar-refractivity contribution in [2.45, 2.75) is 20.0 Å². The van der Waals surface area contributed by atoms with Gasteiger partial charge in [0.2, 0.25) is 0 Å². The van der Waals surface area contributed by atoms with E-state index in [1.807, 2.05) is 23.6 Å². The average molecular weight is 258 g/mol. The van der Waals surface area contributed by atoms with E-state index < -0.39 is 0 Å². The summed E-state index contributed by atoms with van der Waals surface area (Å²) >= 11 is 0. The lowest BCUT2D eigenvalue weighted by molar-refractivity contribution is 0.0774. The molecule has 5 nitrogen and oxygen atoms in total. The number of aromatic nitrogens is 2. The lowest BCUT2D eigenvalue weighted by atomic mass is 10.2. The first-order valence-electron chi connectivity index (χ1n) is 6.21. The number of hydrogen-bond acceptors (Lipinski definition) is 3. The fraction of sp³-hybridized carbons (Fsp3) is 0.286. The summed E-state index contributed by atoms with van der Waals surface area (Å²) in [6, 6.07) is 5.52. The molecule has 19 heavy (non-hydrogen) atoms. The van der Waals surface area contributed by atoms with Gasteiger partial charge in [0, 0.05) is 38.7 Å². The molecule has 2 N–H and O–H groups in total. The summed E-state index contributed by atoms with van der Waals surface area (Å²) < 4.78 is 1.86. The van der Waals surface area contributed by atoms with Crippen LogP contribution in [0, 0.1) is 0 Å². The number of carbonyl (C=O) groups is 1. The van der Waals surface area contributed by atoms with Gasteiger partial charge in [-0.2, -0.15) is 0 Å². The molecule has 2 aromatic heterocycles. The fourth-order valence-electron chi connectivity index (χ4n) is 2.01. The molecule has 0 bridgehead atoms. The largest absolute Gasteiger partial charge is 0.397 e. The first kappa shape index (κ1) is 13.1. The Hall–Kier alpha value is -2.30. The molecule has 1 amide bonds. The second-order valence-corrected chi connectivity index (χ2v) is 4.47. The number of nitrogens with two attached hydrogens (primary N) is 1. The van der Waals surface area contributed by atoms with E-state index in [4.69, 9.17) is 5.73 Å². The Bertz CT molecular complexity index is 562. The van der Waals surface area contributed by atoms with E-state index in [9.17, 15) is 4.79 Å². The quantitative estimate of drug-likeness (QED) is 0.908. The van der Waals surface area contributed by atoms with Gasteiger partial charge in [-0.15, -0.1) is 0 Å². The molecular formula is C14H18N4O. The van der Waals surface area contributed by atoms with Crippen molar-refractivity contribution in [2.75, 3.05) is 12.8 Å². The fourth-order valence-corrected chi connectivity index (χ4v) is 2.01. The Kier molecular flexibility index (Phi) is 3.85. The van der Waals surface area contributed by atoms with E-state index in [0.717, 1.165) is 12.1 Å². The molecule has 0 fully saturated rings. The van der Waals surface area contributed by atoms with E-state index in [2.05, 4.69) is 4.98 Å². The van der Waals surface area contributed by atoms with Crippen molar-refractivity contribution in [3.05, 3.63) is 48.0 Å². The first-order chi connectivity index (χ1) is 9.11. The summed E-state index contributed by atoms with van der Waals surface area (Å²) in [4.78, 5) is 18.1. The summed E-state index contributed by atoms with van der Waals surface area (Å²) in [6.07, 6.45) is 5.26. The smallest absolute Gasteiger partial charge is 0.270 e. The van der Waals surface area contributed by atoms with Crippen molar-refractivity contribution >= 4 is 11.6 Å². The van der Waals surface area contributed by atoms with Crippen molar-refractivity contribution in [1.29, 1.82) is 0 Å². The van der Waals surface area contributed by atoms with Crippen LogP contribution >= 0.6 is 0 Å². The van der Waals surface area contributed by atoms with Gasteiger partial charge in [-0.3, -0.25) is 9.78 Å². The third kappa shape index (κ3) is 2.93. The van der Waals surface area contributed by atoms with Gasteiger partial charge < -0.3 is 15.2 Å². The molecule has 0 aromatic carbocycles. The number of hydrogen-bond donors (Lipinski definition) is 1. The average Bonchev–Trinajstić information content (AvgIpc) is 2.80. The number of rotatable bonds is 4. The van der Waals surface area contributed by atoms with E-state index in [0.29, 0.717) is 17.9 Å². The number of amides is 1. The van der Waals surface area contributed by atoms with Crippen LogP contribution in [0.5, 0.6) is 0 Å². The third-order valence-electron chi connectivity index (χ3n) is 2.97. The van der Waals surface area contributed by atoms with Gasteiger partial charge in [0.1, 0.15) is 5.69 Å². The van der Waals surface area contributed by atoms with E-state index in [1.165, 1.54) is 0 Å². The van der Waals surface area contributed by atoms with Crippen molar-refractivity contribution in [3.63, 3.8) is 0 Å². The first-order valence-corrected chi connectivity index (χ1v) is 6.21. The maximum absolute atomic E-state index is 12.4. The van der Waals surface area contributed by atoms with Gasteiger partial charge in [-0.05, 0) is 24.6 Å². The molecular weight excluding hydrogens is 240 g/mol. The molecule has 0 aliphatic carbocycles. The Morgan fingerprint density at radius 2 is 2.32 bits per heavy atom. The Labute approximate surface area is 112 Å². The molecule has 5 heteroatoms. The minimum Gasteiger partial charge on any atom is -0.397 e. The lowest BCUT2D eigenvalue weighted by Crippen LogP contribution is -2.28. The third-order valence-corrected chi connectivity index (χ3v) is 2.97. The van der Waals surface area contributed by atoms with Crippen LogP contribution in [0.2, 0.25) is 0 Å². The molecule has 2 aromatic rings. The molecule has 0 atom stereocenters. The van der Waals surface area contributed by atoms with Gasteiger partial charge in [-0.1, -0.05) is 6.07 Å². The van der Waals surface area contributed by atoms with Crippen LogP contribution in [0.1, 0.15) is 23.0 Å². The molecule has 0 radical (unpaired) electrons. The van der Waals surface area contributed by atoms with Crippen LogP contribution in [0.25, 0.3) is 0 Å². The molecule has 0 saturated heterocycles. The van der Waals surface area contributed by atoms with Crippen LogP contribution in [0.15, 0.2) is 36.8 Å². The highest BCUT2D eigenvalue weighted by Gasteiger charge is 2.16. The highest BCUT2D eigenvalue weighted by atomic mass is 16.2. The number of nitrogens with zero attached hydrogens (tertiary/aromatic N) is 3. The van der Waals surface area contributed by atoms with Gasteiger partial charge in [0.15, 0.2) is 0 Å². The monoisotopic (exact) mass is 258 g/mol. The summed E-state index contributed by atoms with van der Waals surface area (Å²) in [5.74, 6) is -0.0394. The van der Waals surface area contributed by atoms with E-state index in [1.54, 1.807) is 36.6 Å². The van der Waals surface area contributed by atoms with Crippen LogP contribution in [-0.2, 0) is 13.1 Å². The maximum atomic E-state index is 12.4. The molecule has 2 rings (SSSR count). The standard InChI is InChI=1S/C14H18N4O/c1-3-18-10-12(15)7-13(18)14(19)17(2)9-11-5-4-6-16-8-11/h4-8,10H,3,9,15H2,1-2H3. The number of pyridine rings is 1. The molecule has 0 saturated carbocycles. The maximum Gasteiger partial charge on any atom is 0.270 e. The molecule has 0 aliphatic heterocycles. The predicted molar refractivity (Wildman–Crippen MR) is 74.6 cm³/mol. The summed E-state index contributed by atoms with van der Waals surface area (Å²) in [5, 5.41) is 0. The van der Waals surface area contributed by atoms with Crippen LogP contribution in [-0.4, -0.2) is 27.4 Å². The number of carbonyl (C=O) groups excluding carboxylic acids is 1. The predicted octanol–water partition coefficient (Wildman–Crippen LogP) is 1.76. The molecule has 2 heterocycles. The van der Waals surface area contributed by atoms with Crippen molar-refractivity contribution in [1.82, 2.24) is 14.5 Å². The van der Waals surface area contributed by atoms with Crippen molar-refractivity contribution in [3.8, 4) is 0 Å². The second-order valence-electron chi connectivity index (χ2n) is 4.47. The summed E-state index contributed by atoms with van der Waals surface area (Å²) in [5.41, 5.74) is 7.97. The minimum absolute atomic E-state index is 0.0394. The topological polar surface area (TPSA) is 64.2 Å². The zero-order valence-electron chi connectivity index (χ0n) is 11.2. The van der Waals surface area contributed by atoms with Crippen LogP contribution < -0.4 is 5.73 Å².